The number of nitrogens with one attached hydrogen (secondary N) is 1. The van der Waals surface area contributed by atoms with Crippen molar-refractivity contribution in [2.24, 2.45) is 5.92 Å². The summed E-state index contributed by atoms with van der Waals surface area (Å²) in [5.41, 5.74) is 4.31. The van der Waals surface area contributed by atoms with Crippen molar-refractivity contribution in [3.8, 4) is 0 Å². The minimum Gasteiger partial charge on any atom is -0.297 e. The van der Waals surface area contributed by atoms with E-state index in [-0.39, 0.29) is 0 Å². The van der Waals surface area contributed by atoms with Crippen LogP contribution in [0.15, 0.2) is 30.3 Å². The average Bonchev–Trinajstić information content (AvgIpc) is 2.30. The van der Waals surface area contributed by atoms with E-state index in [0.29, 0.717) is 12.6 Å². The molecule has 2 heteroatoms. The van der Waals surface area contributed by atoms with E-state index in [1.54, 1.807) is 0 Å². The summed E-state index contributed by atoms with van der Waals surface area (Å²) in [7, 11) is 0. The second-order valence-corrected chi connectivity index (χ2v) is 5.12. The third kappa shape index (κ3) is 7.14. The number of benzene rings is 1. The Morgan fingerprint density at radius 1 is 1.06 bits per heavy atom. The summed E-state index contributed by atoms with van der Waals surface area (Å²) in [6.45, 7) is 7.34. The molecule has 1 N–H and O–H groups in total. The van der Waals surface area contributed by atoms with Crippen molar-refractivity contribution in [1.82, 2.24) is 5.48 Å². The van der Waals surface area contributed by atoms with Gasteiger partial charge in [-0.25, -0.2) is 0 Å². The lowest BCUT2D eigenvalue weighted by atomic mass is 10.0. The molecular weight excluding hydrogens is 210 g/mol. The third-order valence-electron chi connectivity index (χ3n) is 2.78. The van der Waals surface area contributed by atoms with Crippen LogP contribution in [0.3, 0.4) is 0 Å². The number of hydrogen-bond acceptors (Lipinski definition) is 2. The zero-order valence-electron chi connectivity index (χ0n) is 11.3. The third-order valence-corrected chi connectivity index (χ3v) is 2.78. The molecule has 0 amide bonds. The fourth-order valence-corrected chi connectivity index (χ4v) is 1.73. The number of hydroxylamine groups is 1. The van der Waals surface area contributed by atoms with Crippen molar-refractivity contribution in [3.05, 3.63) is 35.9 Å². The lowest BCUT2D eigenvalue weighted by Crippen LogP contribution is -2.26. The van der Waals surface area contributed by atoms with Crippen molar-refractivity contribution in [3.63, 3.8) is 0 Å². The molecule has 1 atom stereocenters. The molecule has 0 fully saturated rings. The van der Waals surface area contributed by atoms with Gasteiger partial charge in [0, 0.05) is 6.04 Å². The molecule has 1 rings (SSSR count). The highest BCUT2D eigenvalue weighted by molar-refractivity contribution is 5.13. The molecule has 0 spiro atoms. The van der Waals surface area contributed by atoms with Gasteiger partial charge in [-0.05, 0) is 24.8 Å². The van der Waals surface area contributed by atoms with Gasteiger partial charge in [0.2, 0.25) is 0 Å². The van der Waals surface area contributed by atoms with Gasteiger partial charge in [0.05, 0.1) is 6.61 Å². The first-order valence-electron chi connectivity index (χ1n) is 6.59. The Kier molecular flexibility index (Phi) is 6.90. The maximum Gasteiger partial charge on any atom is 0.0933 e. The van der Waals surface area contributed by atoms with Crippen LogP contribution in [-0.2, 0) is 11.4 Å². The smallest absolute Gasteiger partial charge is 0.0933 e. The summed E-state index contributed by atoms with van der Waals surface area (Å²) in [5, 5.41) is 0. The molecule has 0 aliphatic carbocycles. The molecule has 1 aromatic rings. The van der Waals surface area contributed by atoms with Gasteiger partial charge < -0.3 is 0 Å². The molecule has 0 aliphatic heterocycles. The summed E-state index contributed by atoms with van der Waals surface area (Å²) in [5.74, 6) is 0.799. The maximum absolute atomic E-state index is 5.49. The lowest BCUT2D eigenvalue weighted by Gasteiger charge is -2.14. The van der Waals surface area contributed by atoms with E-state index in [1.807, 2.05) is 18.2 Å². The van der Waals surface area contributed by atoms with Gasteiger partial charge >= 0.3 is 0 Å². The summed E-state index contributed by atoms with van der Waals surface area (Å²) < 4.78 is 0. The van der Waals surface area contributed by atoms with Crippen molar-refractivity contribution in [2.75, 3.05) is 0 Å². The van der Waals surface area contributed by atoms with E-state index in [9.17, 15) is 0 Å². The predicted octanol–water partition coefficient (Wildman–Crippen LogP) is 3.92. The van der Waals surface area contributed by atoms with Crippen LogP contribution in [0.5, 0.6) is 0 Å². The Balaban J connectivity index is 2.06. The van der Waals surface area contributed by atoms with E-state index in [1.165, 1.54) is 24.8 Å². The predicted molar refractivity (Wildman–Crippen MR) is 72.5 cm³/mol. The van der Waals surface area contributed by atoms with Crippen LogP contribution in [0.25, 0.3) is 0 Å². The quantitative estimate of drug-likeness (QED) is 0.689. The first-order valence-corrected chi connectivity index (χ1v) is 6.59. The average molecular weight is 235 g/mol. The van der Waals surface area contributed by atoms with E-state index >= 15 is 0 Å². The van der Waals surface area contributed by atoms with Gasteiger partial charge in [0.15, 0.2) is 0 Å². The minimum atomic E-state index is 0.428. The van der Waals surface area contributed by atoms with Crippen LogP contribution < -0.4 is 5.48 Å². The van der Waals surface area contributed by atoms with Crippen LogP contribution in [0.4, 0.5) is 0 Å². The maximum atomic E-state index is 5.49. The number of rotatable bonds is 8. The van der Waals surface area contributed by atoms with Gasteiger partial charge in [-0.3, -0.25) is 4.84 Å². The first-order chi connectivity index (χ1) is 8.18. The van der Waals surface area contributed by atoms with Crippen molar-refractivity contribution < 1.29 is 4.84 Å². The monoisotopic (exact) mass is 235 g/mol. The van der Waals surface area contributed by atoms with Crippen molar-refractivity contribution in [2.45, 2.75) is 52.7 Å². The van der Waals surface area contributed by atoms with Crippen LogP contribution in [0.1, 0.15) is 45.6 Å². The zero-order valence-corrected chi connectivity index (χ0v) is 11.3. The van der Waals surface area contributed by atoms with Crippen molar-refractivity contribution in [1.29, 1.82) is 0 Å². The second kappa shape index (κ2) is 8.26. The van der Waals surface area contributed by atoms with Crippen molar-refractivity contribution >= 4 is 0 Å². The van der Waals surface area contributed by atoms with E-state index in [0.717, 1.165) is 5.92 Å². The van der Waals surface area contributed by atoms with E-state index in [4.69, 9.17) is 4.84 Å². The molecule has 1 unspecified atom stereocenters. The van der Waals surface area contributed by atoms with Gasteiger partial charge in [-0.1, -0.05) is 57.0 Å². The molecule has 0 saturated carbocycles. The van der Waals surface area contributed by atoms with Crippen LogP contribution in [0.2, 0.25) is 0 Å². The van der Waals surface area contributed by atoms with Crippen LogP contribution in [0, 0.1) is 5.92 Å². The summed E-state index contributed by atoms with van der Waals surface area (Å²) >= 11 is 0. The molecule has 96 valence electrons. The minimum absolute atomic E-state index is 0.428. The van der Waals surface area contributed by atoms with Gasteiger partial charge in [0.1, 0.15) is 0 Å². The molecule has 0 aliphatic rings. The second-order valence-electron chi connectivity index (χ2n) is 5.12. The Hall–Kier alpha value is -0.860. The largest absolute Gasteiger partial charge is 0.297 e. The summed E-state index contributed by atoms with van der Waals surface area (Å²) in [6.07, 6.45) is 3.73. The fourth-order valence-electron chi connectivity index (χ4n) is 1.73. The molecule has 0 aromatic heterocycles. The topological polar surface area (TPSA) is 21.3 Å². The molecule has 0 saturated heterocycles. The molecule has 2 nitrogen and oxygen atoms in total. The highest BCUT2D eigenvalue weighted by atomic mass is 16.6. The Morgan fingerprint density at radius 3 is 2.41 bits per heavy atom. The molecule has 0 bridgehead atoms. The first kappa shape index (κ1) is 14.2. The number of hydrogen-bond donors (Lipinski definition) is 1. The SMILES string of the molecule is CC(C)CCCC(C)NOCc1ccccc1. The van der Waals surface area contributed by atoms with E-state index in [2.05, 4.69) is 38.4 Å². The highest BCUT2D eigenvalue weighted by Gasteiger charge is 2.02. The van der Waals surface area contributed by atoms with Gasteiger partial charge in [-0.2, -0.15) is 5.48 Å². The molecule has 0 radical (unpaired) electrons. The van der Waals surface area contributed by atoms with Gasteiger partial charge in [0.25, 0.3) is 0 Å². The molecular formula is C15H25NO. The molecule has 1 aromatic carbocycles. The van der Waals surface area contributed by atoms with Crippen LogP contribution >= 0.6 is 0 Å². The van der Waals surface area contributed by atoms with E-state index < -0.39 is 0 Å². The normalized spacial score (nSPS) is 12.9. The van der Waals surface area contributed by atoms with Crippen LogP contribution in [-0.4, -0.2) is 6.04 Å². The Morgan fingerprint density at radius 2 is 1.76 bits per heavy atom. The summed E-state index contributed by atoms with van der Waals surface area (Å²) in [4.78, 5) is 5.49. The van der Waals surface area contributed by atoms with Gasteiger partial charge in [-0.15, -0.1) is 0 Å². The fraction of sp³-hybridized carbons (Fsp3) is 0.600. The standard InChI is InChI=1S/C15H25NO/c1-13(2)8-7-9-14(3)16-17-12-15-10-5-4-6-11-15/h4-6,10-11,13-14,16H,7-9,12H2,1-3H3. The highest BCUT2D eigenvalue weighted by Crippen LogP contribution is 2.08. The Labute approximate surface area is 105 Å². The Bertz CT molecular complexity index is 284. The lowest BCUT2D eigenvalue weighted by molar-refractivity contribution is 0.00518. The molecule has 0 heterocycles. The molecule has 17 heavy (non-hydrogen) atoms. The summed E-state index contributed by atoms with van der Waals surface area (Å²) in [6, 6.07) is 10.7. The zero-order chi connectivity index (χ0) is 12.5.